The Labute approximate surface area is 268 Å². The molecule has 2 aliphatic heterocycles. The van der Waals surface area contributed by atoms with E-state index in [0.29, 0.717) is 62.2 Å². The first-order valence-electron chi connectivity index (χ1n) is 15.7. The number of ether oxygens (including phenoxy) is 3. The summed E-state index contributed by atoms with van der Waals surface area (Å²) in [5, 5.41) is 13.9. The first kappa shape index (κ1) is 31.2. The largest absolute Gasteiger partial charge is 0.493 e. The van der Waals surface area contributed by atoms with E-state index in [9.17, 15) is 9.59 Å². The number of methoxy groups -OCH3 is 1. The molecule has 4 aromatic rings. The van der Waals surface area contributed by atoms with Crippen molar-refractivity contribution in [1.29, 1.82) is 0 Å². The van der Waals surface area contributed by atoms with Crippen LogP contribution < -0.4 is 19.7 Å². The maximum Gasteiger partial charge on any atom is 0.313 e. The zero-order chi connectivity index (χ0) is 31.7. The molecule has 2 aliphatic rings. The second-order valence-corrected chi connectivity index (χ2v) is 11.3. The Balaban J connectivity index is 1.21. The number of aromatic nitrogens is 3. The number of anilines is 2. The lowest BCUT2D eigenvalue weighted by Gasteiger charge is -2.35. The average molecular weight is 626 g/mol. The Kier molecular flexibility index (Phi) is 10.2. The molecule has 4 heterocycles. The van der Waals surface area contributed by atoms with Crippen LogP contribution in [0, 0.1) is 0 Å². The third kappa shape index (κ3) is 7.52. The minimum absolute atomic E-state index is 0.379. The van der Waals surface area contributed by atoms with Crippen molar-refractivity contribution in [3.05, 3.63) is 78.2 Å². The van der Waals surface area contributed by atoms with E-state index in [1.54, 1.807) is 36.5 Å². The molecule has 0 spiro atoms. The van der Waals surface area contributed by atoms with Gasteiger partial charge < -0.3 is 29.3 Å². The summed E-state index contributed by atoms with van der Waals surface area (Å²) in [6.45, 7) is 6.67. The Morgan fingerprint density at radius 2 is 1.63 bits per heavy atom. The van der Waals surface area contributed by atoms with Crippen LogP contribution in [0.3, 0.4) is 0 Å². The van der Waals surface area contributed by atoms with Crippen molar-refractivity contribution in [2.75, 3.05) is 83.0 Å². The van der Waals surface area contributed by atoms with Gasteiger partial charge in [-0.15, -0.1) is 5.10 Å². The Morgan fingerprint density at radius 3 is 2.37 bits per heavy atom. The first-order chi connectivity index (χ1) is 22.6. The number of piperazine rings is 1. The Morgan fingerprint density at radius 1 is 0.891 bits per heavy atom. The molecule has 0 atom stereocenters. The Bertz CT molecular complexity index is 1630. The molecule has 12 heteroatoms. The number of fused-ring (bicyclic) bond motifs is 1. The highest BCUT2D eigenvalue weighted by Gasteiger charge is 2.28. The standard InChI is InChI=1S/C34H39N7O5/c1-44-30-23-27-28(24-31(30)46-19-5-12-39-17-20-45-21-18-39)32(38-37-29(27)22-25-8-10-35-11-9-25)40-13-15-41(16-14-40)34(43)33(42)36-26-6-3-2-4-7-26/h2-4,6-11,23-24H,5,12-22H2,1H3,(H,36,42). The molecule has 1 N–H and O–H groups in total. The predicted octanol–water partition coefficient (Wildman–Crippen LogP) is 3.01. The highest BCUT2D eigenvalue weighted by molar-refractivity contribution is 6.39. The van der Waals surface area contributed by atoms with Crippen LogP contribution >= 0.6 is 0 Å². The van der Waals surface area contributed by atoms with E-state index in [4.69, 9.17) is 19.3 Å². The fourth-order valence-corrected chi connectivity index (χ4v) is 5.80. The molecule has 0 bridgehead atoms. The third-order valence-corrected chi connectivity index (χ3v) is 8.31. The van der Waals surface area contributed by atoms with Gasteiger partial charge in [0.1, 0.15) is 0 Å². The van der Waals surface area contributed by atoms with Gasteiger partial charge in [-0.3, -0.25) is 19.5 Å². The number of pyridine rings is 1. The predicted molar refractivity (Wildman–Crippen MR) is 174 cm³/mol. The van der Waals surface area contributed by atoms with Crippen molar-refractivity contribution in [2.45, 2.75) is 12.8 Å². The fraction of sp³-hybridized carbons (Fsp3) is 0.382. The molecule has 2 aromatic carbocycles. The van der Waals surface area contributed by atoms with Gasteiger partial charge in [0, 0.05) is 81.1 Å². The number of benzene rings is 2. The van der Waals surface area contributed by atoms with Crippen LogP contribution in [0.2, 0.25) is 0 Å². The summed E-state index contributed by atoms with van der Waals surface area (Å²) in [5.41, 5.74) is 2.47. The number of carbonyl (C=O) groups excluding carboxylic acids is 2. The van der Waals surface area contributed by atoms with Gasteiger partial charge in [-0.1, -0.05) is 18.2 Å². The maximum absolute atomic E-state index is 12.9. The number of carbonyl (C=O) groups is 2. The monoisotopic (exact) mass is 625 g/mol. The number of rotatable bonds is 10. The van der Waals surface area contributed by atoms with Crippen LogP contribution in [0.5, 0.6) is 11.5 Å². The van der Waals surface area contributed by atoms with Crippen molar-refractivity contribution in [2.24, 2.45) is 0 Å². The zero-order valence-corrected chi connectivity index (χ0v) is 26.1. The molecule has 6 rings (SSSR count). The third-order valence-electron chi connectivity index (χ3n) is 8.31. The van der Waals surface area contributed by atoms with Crippen molar-refractivity contribution in [1.82, 2.24) is 25.0 Å². The van der Waals surface area contributed by atoms with Crippen LogP contribution in [0.4, 0.5) is 11.5 Å². The number of nitrogens with one attached hydrogen (secondary N) is 1. The van der Waals surface area contributed by atoms with E-state index in [2.05, 4.69) is 25.2 Å². The molecule has 12 nitrogen and oxygen atoms in total. The molecule has 2 fully saturated rings. The highest BCUT2D eigenvalue weighted by Crippen LogP contribution is 2.37. The van der Waals surface area contributed by atoms with Gasteiger partial charge >= 0.3 is 11.8 Å². The van der Waals surface area contributed by atoms with Gasteiger partial charge in [-0.25, -0.2) is 0 Å². The molecular weight excluding hydrogens is 586 g/mol. The lowest BCUT2D eigenvalue weighted by atomic mass is 10.0. The van der Waals surface area contributed by atoms with Crippen molar-refractivity contribution >= 4 is 34.1 Å². The molecule has 2 amide bonds. The van der Waals surface area contributed by atoms with Crippen LogP contribution in [-0.4, -0.2) is 110 Å². The number of nitrogens with zero attached hydrogens (tertiary/aromatic N) is 6. The number of para-hydroxylation sites is 1. The quantitative estimate of drug-likeness (QED) is 0.208. The van der Waals surface area contributed by atoms with Gasteiger partial charge in [0.2, 0.25) is 0 Å². The van der Waals surface area contributed by atoms with E-state index in [-0.39, 0.29) is 0 Å². The van der Waals surface area contributed by atoms with Crippen LogP contribution in [0.1, 0.15) is 17.7 Å². The molecule has 0 aliphatic carbocycles. The molecular formula is C34H39N7O5. The summed E-state index contributed by atoms with van der Waals surface area (Å²) in [6.07, 6.45) is 4.99. The number of amides is 2. The second kappa shape index (κ2) is 15.0. The summed E-state index contributed by atoms with van der Waals surface area (Å²) in [4.78, 5) is 35.8. The SMILES string of the molecule is COc1cc2c(Cc3ccncc3)nnc(N3CCN(C(=O)C(=O)Nc4ccccc4)CC3)c2cc1OCCCN1CCOCC1. The molecule has 0 radical (unpaired) electrons. The smallest absolute Gasteiger partial charge is 0.313 e. The van der Waals surface area contributed by atoms with E-state index < -0.39 is 11.8 Å². The maximum atomic E-state index is 12.9. The number of hydrogen-bond acceptors (Lipinski definition) is 10. The van der Waals surface area contributed by atoms with E-state index in [0.717, 1.165) is 61.3 Å². The second-order valence-electron chi connectivity index (χ2n) is 11.3. The van der Waals surface area contributed by atoms with Crippen molar-refractivity contribution in [3.8, 4) is 11.5 Å². The molecule has 0 unspecified atom stereocenters. The highest BCUT2D eigenvalue weighted by atomic mass is 16.5. The zero-order valence-electron chi connectivity index (χ0n) is 26.1. The molecule has 2 aromatic heterocycles. The van der Waals surface area contributed by atoms with Crippen LogP contribution in [-0.2, 0) is 20.7 Å². The van der Waals surface area contributed by atoms with E-state index >= 15 is 0 Å². The number of morpholine rings is 1. The van der Waals surface area contributed by atoms with Gasteiger partial charge in [0.05, 0.1) is 32.6 Å². The van der Waals surface area contributed by atoms with Gasteiger partial charge in [-0.05, 0) is 48.4 Å². The topological polar surface area (TPSA) is 122 Å². The summed E-state index contributed by atoms with van der Waals surface area (Å²) < 4.78 is 17.5. The Hall–Kier alpha value is -4.81. The van der Waals surface area contributed by atoms with Crippen LogP contribution in [0.25, 0.3) is 10.8 Å². The minimum atomic E-state index is -0.645. The summed E-state index contributed by atoms with van der Waals surface area (Å²) in [6, 6.07) is 16.9. The van der Waals surface area contributed by atoms with Crippen molar-refractivity contribution < 1.29 is 23.8 Å². The molecule has 2 saturated heterocycles. The molecule has 0 saturated carbocycles. The lowest BCUT2D eigenvalue weighted by Crippen LogP contribution is -2.51. The normalized spacial score (nSPS) is 15.5. The minimum Gasteiger partial charge on any atom is -0.493 e. The fourth-order valence-electron chi connectivity index (χ4n) is 5.80. The van der Waals surface area contributed by atoms with E-state index in [1.807, 2.05) is 42.5 Å². The lowest BCUT2D eigenvalue weighted by molar-refractivity contribution is -0.143. The number of hydrogen-bond donors (Lipinski definition) is 1. The average Bonchev–Trinajstić information content (AvgIpc) is 3.11. The first-order valence-corrected chi connectivity index (χ1v) is 15.7. The van der Waals surface area contributed by atoms with Crippen molar-refractivity contribution in [3.63, 3.8) is 0 Å². The molecule has 240 valence electrons. The summed E-state index contributed by atoms with van der Waals surface area (Å²) in [7, 11) is 1.64. The van der Waals surface area contributed by atoms with E-state index in [1.165, 1.54) is 0 Å². The van der Waals surface area contributed by atoms with Gasteiger partial charge in [0.25, 0.3) is 0 Å². The summed E-state index contributed by atoms with van der Waals surface area (Å²) >= 11 is 0. The van der Waals surface area contributed by atoms with Crippen LogP contribution in [0.15, 0.2) is 67.0 Å². The van der Waals surface area contributed by atoms with Gasteiger partial charge in [0.15, 0.2) is 17.3 Å². The van der Waals surface area contributed by atoms with Gasteiger partial charge in [-0.2, -0.15) is 5.10 Å². The summed E-state index contributed by atoms with van der Waals surface area (Å²) in [5.74, 6) is 0.786. The molecule has 46 heavy (non-hydrogen) atoms.